The van der Waals surface area contributed by atoms with E-state index < -0.39 is 5.41 Å². The summed E-state index contributed by atoms with van der Waals surface area (Å²) in [5.74, 6) is 0.906. The van der Waals surface area contributed by atoms with Gasteiger partial charge in [0.1, 0.15) is 10.8 Å². The van der Waals surface area contributed by atoms with Gasteiger partial charge in [0.25, 0.3) is 0 Å². The molecule has 0 spiro atoms. The number of carbonyl (C=O) groups is 2. The van der Waals surface area contributed by atoms with E-state index in [9.17, 15) is 9.59 Å². The molecule has 0 bridgehead atoms. The molecule has 1 atom stereocenters. The molecule has 3 aliphatic heterocycles. The van der Waals surface area contributed by atoms with Gasteiger partial charge in [-0.05, 0) is 50.6 Å². The summed E-state index contributed by atoms with van der Waals surface area (Å²) >= 11 is 1.77. The number of amidine groups is 1. The number of hydrogen-bond acceptors (Lipinski definition) is 7. The lowest BCUT2D eigenvalue weighted by atomic mass is 9.81. The Balaban J connectivity index is 1.07. The average molecular weight is 528 g/mol. The van der Waals surface area contributed by atoms with Crippen LogP contribution < -0.4 is 5.32 Å². The maximum absolute atomic E-state index is 13.2. The highest BCUT2D eigenvalue weighted by atomic mass is 32.1. The summed E-state index contributed by atoms with van der Waals surface area (Å²) in [6.45, 7) is 9.02. The molecule has 7 nitrogen and oxygen atoms in total. The number of carbonyl (C=O) groups excluding carboxylic acids is 2. The van der Waals surface area contributed by atoms with Crippen molar-refractivity contribution in [2.45, 2.75) is 32.1 Å². The fraction of sp³-hybridized carbons (Fsp3) is 0.367. The topological polar surface area (TPSA) is 68.2 Å². The molecular weight excluding hydrogens is 494 g/mol. The largest absolute Gasteiger partial charge is 0.353 e. The predicted molar refractivity (Wildman–Crippen MR) is 153 cm³/mol. The van der Waals surface area contributed by atoms with Gasteiger partial charge in [-0.2, -0.15) is 0 Å². The number of nitrogens with one attached hydrogen (secondary N) is 1. The monoisotopic (exact) mass is 527 g/mol. The maximum Gasteiger partial charge on any atom is 0.240 e. The van der Waals surface area contributed by atoms with E-state index in [0.29, 0.717) is 6.54 Å². The molecule has 6 rings (SSSR count). The number of anilines is 2. The molecule has 1 unspecified atom stereocenters. The molecule has 1 N–H and O–H groups in total. The van der Waals surface area contributed by atoms with Crippen LogP contribution in [0.5, 0.6) is 0 Å². The molecule has 2 amide bonds. The van der Waals surface area contributed by atoms with Gasteiger partial charge in [0.2, 0.25) is 11.8 Å². The Bertz CT molecular complexity index is 1390. The molecule has 2 saturated heterocycles. The summed E-state index contributed by atoms with van der Waals surface area (Å²) in [5, 5.41) is 4.74. The number of fused-ring (bicyclic) bond motifs is 2. The Morgan fingerprint density at radius 1 is 0.974 bits per heavy atom. The lowest BCUT2D eigenvalue weighted by Gasteiger charge is -2.36. The second-order valence-electron chi connectivity index (χ2n) is 10.6. The quantitative estimate of drug-likeness (QED) is 0.478. The number of thiophene rings is 1. The molecule has 196 valence electrons. The summed E-state index contributed by atoms with van der Waals surface area (Å²) < 4.78 is 0. The van der Waals surface area contributed by atoms with E-state index in [0.717, 1.165) is 66.9 Å². The third-order valence-corrected chi connectivity index (χ3v) is 8.90. The molecule has 4 heterocycles. The smallest absolute Gasteiger partial charge is 0.240 e. The molecule has 0 saturated carbocycles. The van der Waals surface area contributed by atoms with Gasteiger partial charge in [-0.25, -0.2) is 4.99 Å². The molecule has 0 radical (unpaired) electrons. The van der Waals surface area contributed by atoms with Crippen LogP contribution in [0.1, 0.15) is 35.8 Å². The third kappa shape index (κ3) is 4.52. The summed E-state index contributed by atoms with van der Waals surface area (Å²) in [7, 11) is 0. The maximum atomic E-state index is 13.2. The average Bonchev–Trinajstić information content (AvgIpc) is 3.34. The highest BCUT2D eigenvalue weighted by Crippen LogP contribution is 2.39. The van der Waals surface area contributed by atoms with Crippen LogP contribution in [0.2, 0.25) is 0 Å². The van der Waals surface area contributed by atoms with Crippen LogP contribution in [0.4, 0.5) is 16.4 Å². The second-order valence-corrected chi connectivity index (χ2v) is 11.8. The normalized spacial score (nSPS) is 21.6. The van der Waals surface area contributed by atoms with E-state index in [-0.39, 0.29) is 18.2 Å². The minimum atomic E-state index is -0.754. The SMILES string of the molecule is Cc1cc2c(s1)Nc1ccccc1N=C2N1CCN(CCCN2C(=O)CC(C)(c3ccccc3)C2=O)CC1. The van der Waals surface area contributed by atoms with E-state index in [2.05, 4.69) is 40.2 Å². The van der Waals surface area contributed by atoms with Crippen molar-refractivity contribution in [1.82, 2.24) is 14.7 Å². The molecule has 8 heteroatoms. The van der Waals surface area contributed by atoms with E-state index in [4.69, 9.17) is 4.99 Å². The molecule has 3 aliphatic rings. The van der Waals surface area contributed by atoms with Gasteiger partial charge in [0.15, 0.2) is 0 Å². The Morgan fingerprint density at radius 2 is 1.71 bits per heavy atom. The number of likely N-dealkylation sites (tertiary alicyclic amines) is 1. The number of rotatable bonds is 5. The van der Waals surface area contributed by atoms with Crippen molar-refractivity contribution in [3.8, 4) is 0 Å². The number of benzene rings is 2. The lowest BCUT2D eigenvalue weighted by molar-refractivity contribution is -0.139. The number of aryl methyl sites for hydroxylation is 1. The number of para-hydroxylation sites is 2. The van der Waals surface area contributed by atoms with E-state index in [1.165, 1.54) is 15.3 Å². The summed E-state index contributed by atoms with van der Waals surface area (Å²) in [5.41, 5.74) is 3.34. The number of aliphatic imine (C=N–C) groups is 1. The molecule has 1 aromatic heterocycles. The standard InChI is InChI=1S/C30H33N5O2S/c1-21-19-23-27(31-24-11-6-7-12-25(24)32-28(23)38-21)34-17-15-33(16-18-34)13-8-14-35-26(36)20-30(2,29(35)37)22-9-4-3-5-10-22/h3-7,9-12,19,32H,8,13-18,20H2,1-2H3. The lowest BCUT2D eigenvalue weighted by Crippen LogP contribution is -2.49. The molecule has 2 fully saturated rings. The first-order valence-electron chi connectivity index (χ1n) is 13.4. The first-order chi connectivity index (χ1) is 18.4. The zero-order chi connectivity index (χ0) is 26.3. The van der Waals surface area contributed by atoms with E-state index in [1.54, 1.807) is 11.3 Å². The number of amides is 2. The highest BCUT2D eigenvalue weighted by molar-refractivity contribution is 7.16. The van der Waals surface area contributed by atoms with Crippen molar-refractivity contribution in [3.05, 3.63) is 76.7 Å². The van der Waals surface area contributed by atoms with E-state index in [1.807, 2.05) is 49.4 Å². The van der Waals surface area contributed by atoms with Crippen LogP contribution in [0.3, 0.4) is 0 Å². The Morgan fingerprint density at radius 3 is 2.50 bits per heavy atom. The molecule has 38 heavy (non-hydrogen) atoms. The van der Waals surface area contributed by atoms with Gasteiger partial charge >= 0.3 is 0 Å². The summed E-state index contributed by atoms with van der Waals surface area (Å²) in [6.07, 6.45) is 1.03. The van der Waals surface area contributed by atoms with Crippen molar-refractivity contribution in [2.24, 2.45) is 4.99 Å². The van der Waals surface area contributed by atoms with E-state index >= 15 is 0 Å². The van der Waals surface area contributed by atoms with Gasteiger partial charge in [-0.15, -0.1) is 11.3 Å². The molecule has 3 aromatic rings. The van der Waals surface area contributed by atoms with Crippen molar-refractivity contribution in [1.29, 1.82) is 0 Å². The van der Waals surface area contributed by atoms with Crippen molar-refractivity contribution in [2.75, 3.05) is 44.6 Å². The van der Waals surface area contributed by atoms with Gasteiger partial charge in [-0.3, -0.25) is 19.4 Å². The van der Waals surface area contributed by atoms with Crippen LogP contribution in [0, 0.1) is 6.92 Å². The minimum Gasteiger partial charge on any atom is -0.353 e. The van der Waals surface area contributed by atoms with Crippen LogP contribution in [-0.4, -0.2) is 71.6 Å². The van der Waals surface area contributed by atoms with Crippen molar-refractivity contribution in [3.63, 3.8) is 0 Å². The van der Waals surface area contributed by atoms with Crippen molar-refractivity contribution < 1.29 is 9.59 Å². The Hall–Kier alpha value is -3.49. The number of nitrogens with zero attached hydrogens (tertiary/aromatic N) is 4. The van der Waals surface area contributed by atoms with Gasteiger partial charge in [0, 0.05) is 44.0 Å². The Kier molecular flexibility index (Phi) is 6.53. The molecule has 0 aliphatic carbocycles. The zero-order valence-electron chi connectivity index (χ0n) is 21.9. The third-order valence-electron chi connectivity index (χ3n) is 7.94. The molecular formula is C30H33N5O2S. The van der Waals surface area contributed by atoms with Crippen LogP contribution >= 0.6 is 11.3 Å². The fourth-order valence-corrected chi connectivity index (χ4v) is 6.69. The first-order valence-corrected chi connectivity index (χ1v) is 14.2. The minimum absolute atomic E-state index is 0.0618. The number of hydrogen-bond donors (Lipinski definition) is 1. The first kappa shape index (κ1) is 24.8. The highest BCUT2D eigenvalue weighted by Gasteiger charge is 2.48. The van der Waals surface area contributed by atoms with Gasteiger partial charge in [-0.1, -0.05) is 42.5 Å². The zero-order valence-corrected chi connectivity index (χ0v) is 22.8. The summed E-state index contributed by atoms with van der Waals surface area (Å²) in [6, 6.07) is 20.1. The number of piperazine rings is 1. The fourth-order valence-electron chi connectivity index (χ4n) is 5.77. The van der Waals surface area contributed by atoms with Gasteiger partial charge < -0.3 is 10.2 Å². The Labute approximate surface area is 227 Å². The summed E-state index contributed by atoms with van der Waals surface area (Å²) in [4.78, 5) is 38.7. The predicted octanol–water partition coefficient (Wildman–Crippen LogP) is 4.92. The van der Waals surface area contributed by atoms with Gasteiger partial charge in [0.05, 0.1) is 22.4 Å². The number of imide groups is 1. The molecule has 2 aromatic carbocycles. The van der Waals surface area contributed by atoms with Crippen LogP contribution in [0.25, 0.3) is 0 Å². The van der Waals surface area contributed by atoms with Crippen LogP contribution in [-0.2, 0) is 15.0 Å². The van der Waals surface area contributed by atoms with Crippen molar-refractivity contribution >= 4 is 45.4 Å². The van der Waals surface area contributed by atoms with Crippen LogP contribution in [0.15, 0.2) is 65.7 Å². The second kappa shape index (κ2) is 10.0.